The lowest BCUT2D eigenvalue weighted by molar-refractivity contribution is -0.351. The number of hydrogen-bond donors (Lipinski definition) is 1. The van der Waals surface area contributed by atoms with E-state index in [1.165, 1.54) is 0 Å². The largest absolute Gasteiger partial charge is 0.453 e. The summed E-state index contributed by atoms with van der Waals surface area (Å²) in [5, 5.41) is 10.8. The molecule has 456 valence electrons. The Hall–Kier alpha value is -8.26. The Balaban J connectivity index is 0.000000210. The van der Waals surface area contributed by atoms with Gasteiger partial charge in [-0.15, -0.1) is 0 Å². The Morgan fingerprint density at radius 3 is 1.32 bits per heavy atom. The van der Waals surface area contributed by atoms with Crippen LogP contribution in [0.5, 0.6) is 0 Å². The van der Waals surface area contributed by atoms with E-state index < -0.39 is 85.5 Å². The van der Waals surface area contributed by atoms with Crippen molar-refractivity contribution >= 4 is 24.1 Å². The molecule has 2 amide bonds. The molecule has 3 heterocycles. The highest BCUT2D eigenvalue weighted by Crippen LogP contribution is 2.39. The monoisotopic (exact) mass is 1180 g/mol. The van der Waals surface area contributed by atoms with Crippen LogP contribution in [0.3, 0.4) is 0 Å². The van der Waals surface area contributed by atoms with Gasteiger partial charge in [-0.25, -0.2) is 19.2 Å². The molecule has 0 spiro atoms. The first-order valence-corrected chi connectivity index (χ1v) is 29.6. The molecule has 3 fully saturated rings. The van der Waals surface area contributed by atoms with Crippen molar-refractivity contribution in [3.63, 3.8) is 0 Å². The van der Waals surface area contributed by atoms with Crippen LogP contribution < -0.4 is 0 Å². The van der Waals surface area contributed by atoms with E-state index in [4.69, 9.17) is 47.4 Å². The first-order valence-electron chi connectivity index (χ1n) is 29.6. The number of benzene rings is 7. The molecule has 0 radical (unpaired) electrons. The van der Waals surface area contributed by atoms with Crippen LogP contribution in [0.4, 0.5) is 9.59 Å². The molecule has 11 atom stereocenters. The van der Waals surface area contributed by atoms with Crippen molar-refractivity contribution in [3.8, 4) is 0 Å². The SMILES string of the molecule is CCC1O[C@@H](OCCN(Cc2ccccc2)C(=O)OCc2ccccc2)C(OC(=O)c2ccccc2)[C@@H](C)[C@@H]1O.C[C@@H]1C(OC(=O)c2ccccc2)[C@H](OCCN(Cc2ccccc2)C(=O)OCc2ccccc2)OC2COC(c3ccccc3)O[C@H]21. The van der Waals surface area contributed by atoms with Crippen LogP contribution in [0.1, 0.15) is 82.0 Å². The van der Waals surface area contributed by atoms with Crippen molar-refractivity contribution in [2.24, 2.45) is 11.8 Å². The maximum absolute atomic E-state index is 13.3. The number of carbonyl (C=O) groups is 4. The lowest BCUT2D eigenvalue weighted by Gasteiger charge is -2.48. The van der Waals surface area contributed by atoms with Crippen LogP contribution >= 0.6 is 0 Å². The second-order valence-corrected chi connectivity index (χ2v) is 21.5. The molecule has 10 rings (SSSR count). The van der Waals surface area contributed by atoms with E-state index in [0.717, 1.165) is 27.8 Å². The van der Waals surface area contributed by atoms with Crippen LogP contribution in [0, 0.1) is 11.8 Å². The second-order valence-electron chi connectivity index (χ2n) is 21.5. The van der Waals surface area contributed by atoms with E-state index in [1.54, 1.807) is 58.3 Å². The average molecular weight is 1190 g/mol. The topological polar surface area (TPSA) is 187 Å². The highest BCUT2D eigenvalue weighted by atomic mass is 16.8. The summed E-state index contributed by atoms with van der Waals surface area (Å²) >= 11 is 0. The molecule has 0 aliphatic carbocycles. The van der Waals surface area contributed by atoms with E-state index in [2.05, 4.69) is 0 Å². The van der Waals surface area contributed by atoms with Gasteiger partial charge in [-0.2, -0.15) is 0 Å². The Morgan fingerprint density at radius 1 is 0.494 bits per heavy atom. The minimum Gasteiger partial charge on any atom is -0.453 e. The van der Waals surface area contributed by atoms with E-state index in [0.29, 0.717) is 30.6 Å². The predicted molar refractivity (Wildman–Crippen MR) is 322 cm³/mol. The fourth-order valence-corrected chi connectivity index (χ4v) is 10.4. The van der Waals surface area contributed by atoms with E-state index in [-0.39, 0.29) is 52.0 Å². The number of esters is 2. The van der Waals surface area contributed by atoms with E-state index >= 15 is 0 Å². The number of nitrogens with zero attached hydrogens (tertiary/aromatic N) is 2. The number of aliphatic hydroxyl groups excluding tert-OH is 1. The Labute approximate surface area is 508 Å². The van der Waals surface area contributed by atoms with Crippen LogP contribution in [0.2, 0.25) is 0 Å². The number of aliphatic hydroxyl groups is 1. The Bertz CT molecular complexity index is 3170. The minimum atomic E-state index is -0.918. The molecule has 3 saturated heterocycles. The summed E-state index contributed by atoms with van der Waals surface area (Å²) in [4.78, 5) is 55.6. The third-order valence-corrected chi connectivity index (χ3v) is 15.3. The molecule has 7 aromatic carbocycles. The number of ether oxygens (including phenoxy) is 10. The summed E-state index contributed by atoms with van der Waals surface area (Å²) in [6.07, 6.45) is -6.53. The molecule has 1 N–H and O–H groups in total. The molecule has 7 aromatic rings. The molecule has 3 aliphatic rings. The van der Waals surface area contributed by atoms with Crippen molar-refractivity contribution < 1.29 is 71.7 Å². The van der Waals surface area contributed by atoms with Crippen LogP contribution in [-0.4, -0.2) is 121 Å². The van der Waals surface area contributed by atoms with Crippen molar-refractivity contribution in [1.82, 2.24) is 9.80 Å². The summed E-state index contributed by atoms with van der Waals surface area (Å²) in [6.45, 7) is 7.60. The maximum atomic E-state index is 13.3. The summed E-state index contributed by atoms with van der Waals surface area (Å²) in [5.41, 5.74) is 5.40. The highest BCUT2D eigenvalue weighted by Gasteiger charge is 2.50. The van der Waals surface area contributed by atoms with Gasteiger partial charge in [0.05, 0.1) is 49.3 Å². The van der Waals surface area contributed by atoms with Gasteiger partial charge in [-0.05, 0) is 52.9 Å². The molecule has 87 heavy (non-hydrogen) atoms. The van der Waals surface area contributed by atoms with Crippen LogP contribution in [0.15, 0.2) is 212 Å². The quantitative estimate of drug-likeness (QED) is 0.0498. The lowest BCUT2D eigenvalue weighted by atomic mass is 9.89. The van der Waals surface area contributed by atoms with Crippen LogP contribution in [0.25, 0.3) is 0 Å². The number of rotatable bonds is 22. The van der Waals surface area contributed by atoms with Gasteiger partial charge in [0.25, 0.3) is 0 Å². The summed E-state index contributed by atoms with van der Waals surface area (Å²) in [6, 6.07) is 65.5. The molecular weight excluding hydrogens is 1110 g/mol. The zero-order valence-electron chi connectivity index (χ0n) is 49.2. The Morgan fingerprint density at radius 2 is 0.885 bits per heavy atom. The van der Waals surface area contributed by atoms with Gasteiger partial charge in [0.2, 0.25) is 0 Å². The normalized spacial score (nSPS) is 23.1. The molecule has 0 aromatic heterocycles. The van der Waals surface area contributed by atoms with E-state index in [9.17, 15) is 24.3 Å². The third kappa shape index (κ3) is 18.2. The number of amides is 2. The fraction of sp³-hybridized carbons (Fsp3) is 0.343. The molecule has 0 bridgehead atoms. The fourth-order valence-electron chi connectivity index (χ4n) is 10.4. The van der Waals surface area contributed by atoms with Gasteiger partial charge >= 0.3 is 24.1 Å². The predicted octanol–water partition coefficient (Wildman–Crippen LogP) is 11.7. The summed E-state index contributed by atoms with van der Waals surface area (Å²) < 4.78 is 60.4. The van der Waals surface area contributed by atoms with Crippen LogP contribution in [-0.2, 0) is 73.7 Å². The summed E-state index contributed by atoms with van der Waals surface area (Å²) in [7, 11) is 0. The number of fused-ring (bicyclic) bond motifs is 1. The van der Waals surface area contributed by atoms with Crippen molar-refractivity contribution in [1.29, 1.82) is 0 Å². The zero-order chi connectivity index (χ0) is 60.7. The molecule has 17 nitrogen and oxygen atoms in total. The standard InChI is InChI=1S/C38H39NO8.C32H37NO7/c1-27-33-32(26-43-36(47-33)31-20-12-5-13-21-31)45-37(34(27)46-35(40)30-18-10-4-11-19-30)42-23-22-39(24-28-14-6-2-7-15-28)38(41)44-25-29-16-8-3-9-17-29;1-3-27-28(34)23(2)29(40-30(35)26-17-11-6-12-18-26)31(39-27)37-20-19-33(21-24-13-7-4-8-14-24)32(36)38-22-25-15-9-5-10-16-25/h2-21,27,32-34,36-37H,22-26H2,1H3;4-18,23,27-29,31,34H,3,19-22H2,1-2H3/t27-,32?,33-,34?,36?,37+;23-,27?,28-,29?,31+/m00/s1. The maximum Gasteiger partial charge on any atom is 0.410 e. The third-order valence-electron chi connectivity index (χ3n) is 15.3. The lowest BCUT2D eigenvalue weighted by Crippen LogP contribution is -2.59. The molecule has 3 aliphatic heterocycles. The summed E-state index contributed by atoms with van der Waals surface area (Å²) in [5.74, 6) is -1.72. The van der Waals surface area contributed by atoms with Gasteiger partial charge in [-0.3, -0.25) is 0 Å². The zero-order valence-corrected chi connectivity index (χ0v) is 49.2. The highest BCUT2D eigenvalue weighted by molar-refractivity contribution is 5.90. The van der Waals surface area contributed by atoms with E-state index in [1.807, 2.05) is 185 Å². The van der Waals surface area contributed by atoms with Crippen molar-refractivity contribution in [3.05, 3.63) is 251 Å². The van der Waals surface area contributed by atoms with Gasteiger partial charge in [0.1, 0.15) is 19.3 Å². The molecule has 17 heteroatoms. The van der Waals surface area contributed by atoms with Gasteiger partial charge < -0.3 is 62.3 Å². The van der Waals surface area contributed by atoms with Crippen molar-refractivity contribution in [2.45, 2.75) is 109 Å². The van der Waals surface area contributed by atoms with Gasteiger partial charge in [0, 0.05) is 43.6 Å². The van der Waals surface area contributed by atoms with Gasteiger partial charge in [0.15, 0.2) is 31.1 Å². The number of hydrogen-bond acceptors (Lipinski definition) is 15. The first kappa shape index (κ1) is 63.2. The molecule has 5 unspecified atom stereocenters. The first-order chi connectivity index (χ1) is 42.5. The number of carbonyl (C=O) groups excluding carboxylic acids is 4. The van der Waals surface area contributed by atoms with Gasteiger partial charge in [-0.1, -0.05) is 209 Å². The van der Waals surface area contributed by atoms with Crippen molar-refractivity contribution in [2.75, 3.05) is 32.9 Å². The Kier molecular flexibility index (Phi) is 23.6. The minimum absolute atomic E-state index is 0.107. The molecule has 0 saturated carbocycles. The second kappa shape index (κ2) is 32.5. The smallest absolute Gasteiger partial charge is 0.410 e. The average Bonchev–Trinajstić information content (AvgIpc) is 1.90. The molecular formula is C70H76N2O15.